The third kappa shape index (κ3) is 3.46. The third-order valence-electron chi connectivity index (χ3n) is 2.94. The van der Waals surface area contributed by atoms with Crippen molar-refractivity contribution in [3.8, 4) is 11.5 Å². The van der Waals surface area contributed by atoms with Crippen LogP contribution in [0.1, 0.15) is 18.0 Å². The molecule has 0 aliphatic rings. The number of rotatable bonds is 6. The van der Waals surface area contributed by atoms with Crippen molar-refractivity contribution in [2.24, 2.45) is 0 Å². The average Bonchev–Trinajstić information content (AvgIpc) is 3.16. The molecule has 2 heterocycles. The normalized spacial score (nSPS) is 10.9. The number of alkyl halides is 1. The maximum Gasteiger partial charge on any atom is 0.247 e. The molecule has 0 saturated carbocycles. The van der Waals surface area contributed by atoms with Gasteiger partial charge in [0.25, 0.3) is 0 Å². The maximum absolute atomic E-state index is 5.66. The van der Waals surface area contributed by atoms with Gasteiger partial charge in [-0.3, -0.25) is 0 Å². The fourth-order valence-corrected chi connectivity index (χ4v) is 2.07. The lowest BCUT2D eigenvalue weighted by Gasteiger charge is -1.94. The Kier molecular flexibility index (Phi) is 4.25. The zero-order valence-electron chi connectivity index (χ0n) is 11.3. The van der Waals surface area contributed by atoms with Crippen molar-refractivity contribution in [1.82, 2.24) is 25.2 Å². The molecule has 0 aliphatic carbocycles. The van der Waals surface area contributed by atoms with Crippen molar-refractivity contribution in [3.63, 3.8) is 0 Å². The fraction of sp³-hybridized carbons (Fsp3) is 0.286. The van der Waals surface area contributed by atoms with Crippen molar-refractivity contribution < 1.29 is 4.42 Å². The number of hydrogen-bond acceptors (Lipinski definition) is 5. The van der Waals surface area contributed by atoms with Crippen LogP contribution in [-0.2, 0) is 13.0 Å². The molecular formula is C14H14ClN5O. The van der Waals surface area contributed by atoms with Gasteiger partial charge >= 0.3 is 0 Å². The Labute approximate surface area is 126 Å². The van der Waals surface area contributed by atoms with Gasteiger partial charge in [0.15, 0.2) is 0 Å². The Bertz CT molecular complexity index is 694. The Morgan fingerprint density at radius 3 is 2.76 bits per heavy atom. The molecule has 0 aliphatic heterocycles. The lowest BCUT2D eigenvalue weighted by atomic mass is 10.2. The van der Waals surface area contributed by atoms with Crippen molar-refractivity contribution in [2.45, 2.75) is 19.4 Å². The van der Waals surface area contributed by atoms with Crippen LogP contribution in [0.4, 0.5) is 0 Å². The van der Waals surface area contributed by atoms with Gasteiger partial charge in [0.2, 0.25) is 11.8 Å². The van der Waals surface area contributed by atoms with E-state index in [1.807, 2.05) is 36.5 Å². The molecule has 0 N–H and O–H groups in total. The second-order valence-corrected chi connectivity index (χ2v) is 4.94. The molecule has 7 heteroatoms. The van der Waals surface area contributed by atoms with Gasteiger partial charge in [-0.25, -0.2) is 4.68 Å². The van der Waals surface area contributed by atoms with E-state index in [0.29, 0.717) is 24.2 Å². The first kappa shape index (κ1) is 13.8. The summed E-state index contributed by atoms with van der Waals surface area (Å²) in [5, 5.41) is 16.2. The highest BCUT2D eigenvalue weighted by atomic mass is 35.5. The lowest BCUT2D eigenvalue weighted by Crippen LogP contribution is -2.00. The molecule has 0 unspecified atom stereocenters. The van der Waals surface area contributed by atoms with Gasteiger partial charge in [0.05, 0.1) is 5.69 Å². The SMILES string of the molecule is ClCCCc1cn(Cc2nnc(-c3ccccc3)o2)nn1. The molecular weight excluding hydrogens is 290 g/mol. The topological polar surface area (TPSA) is 69.6 Å². The van der Waals surface area contributed by atoms with Crippen LogP contribution in [0, 0.1) is 0 Å². The molecule has 3 aromatic rings. The zero-order chi connectivity index (χ0) is 14.5. The second kappa shape index (κ2) is 6.49. The van der Waals surface area contributed by atoms with Crippen LogP contribution in [0.25, 0.3) is 11.5 Å². The van der Waals surface area contributed by atoms with Gasteiger partial charge in [0, 0.05) is 17.6 Å². The van der Waals surface area contributed by atoms with E-state index in [2.05, 4.69) is 20.5 Å². The van der Waals surface area contributed by atoms with E-state index in [9.17, 15) is 0 Å². The van der Waals surface area contributed by atoms with E-state index >= 15 is 0 Å². The Morgan fingerprint density at radius 2 is 1.95 bits per heavy atom. The van der Waals surface area contributed by atoms with Crippen LogP contribution < -0.4 is 0 Å². The van der Waals surface area contributed by atoms with Crippen LogP contribution >= 0.6 is 11.6 Å². The Hall–Kier alpha value is -2.21. The zero-order valence-corrected chi connectivity index (χ0v) is 12.1. The monoisotopic (exact) mass is 303 g/mol. The summed E-state index contributed by atoms with van der Waals surface area (Å²) in [6.07, 6.45) is 3.58. The highest BCUT2D eigenvalue weighted by molar-refractivity contribution is 6.17. The molecule has 0 bridgehead atoms. The van der Waals surface area contributed by atoms with Gasteiger partial charge in [-0.2, -0.15) is 0 Å². The van der Waals surface area contributed by atoms with E-state index < -0.39 is 0 Å². The van der Waals surface area contributed by atoms with Crippen molar-refractivity contribution in [2.75, 3.05) is 5.88 Å². The average molecular weight is 304 g/mol. The number of aromatic nitrogens is 5. The molecule has 0 fully saturated rings. The number of aryl methyl sites for hydroxylation is 1. The summed E-state index contributed by atoms with van der Waals surface area (Å²) in [5.74, 6) is 1.63. The van der Waals surface area contributed by atoms with E-state index in [1.54, 1.807) is 4.68 Å². The summed E-state index contributed by atoms with van der Waals surface area (Å²) in [6.45, 7) is 0.410. The van der Waals surface area contributed by atoms with E-state index in [-0.39, 0.29) is 0 Å². The second-order valence-electron chi connectivity index (χ2n) is 4.57. The molecule has 0 spiro atoms. The third-order valence-corrected chi connectivity index (χ3v) is 3.20. The summed E-state index contributed by atoms with van der Waals surface area (Å²) in [6, 6.07) is 9.66. The maximum atomic E-state index is 5.66. The standard InChI is InChI=1S/C14H14ClN5O/c15-8-4-7-12-9-20(19-16-12)10-13-17-18-14(21-13)11-5-2-1-3-6-11/h1-3,5-6,9H,4,7-8,10H2. The van der Waals surface area contributed by atoms with Gasteiger partial charge in [-0.15, -0.1) is 26.9 Å². The van der Waals surface area contributed by atoms with Crippen LogP contribution in [0.5, 0.6) is 0 Å². The minimum atomic E-state index is 0.410. The number of halogens is 1. The Balaban J connectivity index is 1.68. The molecule has 1 aromatic carbocycles. The first-order chi connectivity index (χ1) is 10.3. The van der Waals surface area contributed by atoms with Gasteiger partial charge in [-0.1, -0.05) is 23.4 Å². The van der Waals surface area contributed by atoms with E-state index in [4.69, 9.17) is 16.0 Å². The smallest absolute Gasteiger partial charge is 0.247 e. The summed E-state index contributed by atoms with van der Waals surface area (Å²) in [5.41, 5.74) is 1.82. The molecule has 0 atom stereocenters. The summed E-state index contributed by atoms with van der Waals surface area (Å²) in [7, 11) is 0. The number of hydrogen-bond donors (Lipinski definition) is 0. The van der Waals surface area contributed by atoms with Gasteiger partial charge in [-0.05, 0) is 25.0 Å². The first-order valence-electron chi connectivity index (χ1n) is 6.68. The molecule has 0 radical (unpaired) electrons. The fourth-order valence-electron chi connectivity index (χ4n) is 1.93. The highest BCUT2D eigenvalue weighted by Gasteiger charge is 2.09. The molecule has 108 valence electrons. The van der Waals surface area contributed by atoms with Crippen LogP contribution in [0.2, 0.25) is 0 Å². The van der Waals surface area contributed by atoms with Crippen LogP contribution in [-0.4, -0.2) is 31.1 Å². The predicted octanol–water partition coefficient (Wildman–Crippen LogP) is 2.55. The van der Waals surface area contributed by atoms with Crippen molar-refractivity contribution in [1.29, 1.82) is 0 Å². The summed E-state index contributed by atoms with van der Waals surface area (Å²) < 4.78 is 7.32. The Morgan fingerprint density at radius 1 is 1.10 bits per heavy atom. The van der Waals surface area contributed by atoms with Gasteiger partial charge < -0.3 is 4.42 Å². The van der Waals surface area contributed by atoms with Crippen LogP contribution in [0.15, 0.2) is 40.9 Å². The largest absolute Gasteiger partial charge is 0.419 e. The molecule has 0 amide bonds. The van der Waals surface area contributed by atoms with Crippen molar-refractivity contribution in [3.05, 3.63) is 48.1 Å². The van der Waals surface area contributed by atoms with E-state index in [0.717, 1.165) is 24.1 Å². The molecule has 0 saturated heterocycles. The molecule has 6 nitrogen and oxygen atoms in total. The molecule has 2 aromatic heterocycles. The number of benzene rings is 1. The molecule has 3 rings (SSSR count). The van der Waals surface area contributed by atoms with Crippen molar-refractivity contribution >= 4 is 11.6 Å². The van der Waals surface area contributed by atoms with Gasteiger partial charge in [0.1, 0.15) is 6.54 Å². The quantitative estimate of drug-likeness (QED) is 0.655. The minimum Gasteiger partial charge on any atom is -0.419 e. The summed E-state index contributed by atoms with van der Waals surface area (Å²) >= 11 is 5.66. The lowest BCUT2D eigenvalue weighted by molar-refractivity contribution is 0.469. The molecule has 21 heavy (non-hydrogen) atoms. The minimum absolute atomic E-state index is 0.410. The van der Waals surface area contributed by atoms with Crippen LogP contribution in [0.3, 0.4) is 0 Å². The summed E-state index contributed by atoms with van der Waals surface area (Å²) in [4.78, 5) is 0. The predicted molar refractivity (Wildman–Crippen MR) is 77.9 cm³/mol. The number of nitrogens with zero attached hydrogens (tertiary/aromatic N) is 5. The first-order valence-corrected chi connectivity index (χ1v) is 7.21. The highest BCUT2D eigenvalue weighted by Crippen LogP contribution is 2.17. The van der Waals surface area contributed by atoms with E-state index in [1.165, 1.54) is 0 Å².